The zero-order valence-corrected chi connectivity index (χ0v) is 11.4. The van der Waals surface area contributed by atoms with Crippen LogP contribution in [0.25, 0.3) is 0 Å². The minimum atomic E-state index is -0.139. The van der Waals surface area contributed by atoms with Gasteiger partial charge in [-0.15, -0.1) is 0 Å². The Labute approximate surface area is 104 Å². The molecule has 0 saturated carbocycles. The monoisotopic (exact) mass is 238 g/mol. The lowest BCUT2D eigenvalue weighted by Crippen LogP contribution is -2.30. The molecule has 0 heterocycles. The summed E-state index contributed by atoms with van der Waals surface area (Å²) in [6.07, 6.45) is 1.04. The van der Waals surface area contributed by atoms with E-state index in [0.29, 0.717) is 6.04 Å². The number of hydrogen-bond acceptors (Lipinski definition) is 2. The SMILES string of the molecule is CCC(C)N(C)c1cccc(F)c1C(C)NC. The summed E-state index contributed by atoms with van der Waals surface area (Å²) in [5.41, 5.74) is 1.72. The van der Waals surface area contributed by atoms with E-state index >= 15 is 0 Å². The van der Waals surface area contributed by atoms with Crippen LogP contribution >= 0.6 is 0 Å². The van der Waals surface area contributed by atoms with E-state index in [9.17, 15) is 4.39 Å². The van der Waals surface area contributed by atoms with Crippen LogP contribution in [0, 0.1) is 5.82 Å². The largest absolute Gasteiger partial charge is 0.372 e. The van der Waals surface area contributed by atoms with Gasteiger partial charge < -0.3 is 10.2 Å². The molecule has 1 rings (SSSR count). The fourth-order valence-electron chi connectivity index (χ4n) is 1.92. The van der Waals surface area contributed by atoms with Crippen molar-refractivity contribution in [3.8, 4) is 0 Å². The number of rotatable bonds is 5. The summed E-state index contributed by atoms with van der Waals surface area (Å²) in [7, 11) is 3.87. The van der Waals surface area contributed by atoms with Gasteiger partial charge in [-0.3, -0.25) is 0 Å². The van der Waals surface area contributed by atoms with Gasteiger partial charge in [-0.05, 0) is 39.4 Å². The molecule has 0 aromatic heterocycles. The molecule has 0 radical (unpaired) electrons. The summed E-state index contributed by atoms with van der Waals surface area (Å²) in [6.45, 7) is 6.27. The van der Waals surface area contributed by atoms with E-state index in [-0.39, 0.29) is 11.9 Å². The Balaban J connectivity index is 3.18. The van der Waals surface area contributed by atoms with Gasteiger partial charge in [0.15, 0.2) is 0 Å². The highest BCUT2D eigenvalue weighted by Gasteiger charge is 2.18. The summed E-state index contributed by atoms with van der Waals surface area (Å²) in [5.74, 6) is -0.139. The smallest absolute Gasteiger partial charge is 0.130 e. The third-order valence-corrected chi connectivity index (χ3v) is 3.53. The standard InChI is InChI=1S/C14H23FN2/c1-6-10(2)17(5)13-9-7-8-12(15)14(13)11(3)16-4/h7-11,16H,6H2,1-5H3. The van der Waals surface area contributed by atoms with Gasteiger partial charge in [0.25, 0.3) is 0 Å². The van der Waals surface area contributed by atoms with Crippen molar-refractivity contribution in [2.45, 2.75) is 39.3 Å². The van der Waals surface area contributed by atoms with E-state index in [4.69, 9.17) is 0 Å². The number of nitrogens with zero attached hydrogens (tertiary/aromatic N) is 1. The van der Waals surface area contributed by atoms with Gasteiger partial charge in [-0.1, -0.05) is 13.0 Å². The predicted octanol–water partition coefficient (Wildman–Crippen LogP) is 3.34. The van der Waals surface area contributed by atoms with Crippen LogP contribution in [0.2, 0.25) is 0 Å². The van der Waals surface area contributed by atoms with E-state index in [2.05, 4.69) is 24.1 Å². The molecule has 1 aromatic carbocycles. The minimum Gasteiger partial charge on any atom is -0.372 e. The van der Waals surface area contributed by atoms with Crippen LogP contribution in [0.1, 0.15) is 38.8 Å². The minimum absolute atomic E-state index is 0.0118. The third kappa shape index (κ3) is 2.97. The molecule has 0 spiro atoms. The molecule has 2 atom stereocenters. The summed E-state index contributed by atoms with van der Waals surface area (Å²) in [4.78, 5) is 2.15. The molecule has 0 fully saturated rings. The van der Waals surface area contributed by atoms with Crippen molar-refractivity contribution in [2.24, 2.45) is 0 Å². The molecule has 96 valence electrons. The molecule has 1 aromatic rings. The fourth-order valence-corrected chi connectivity index (χ4v) is 1.92. The van der Waals surface area contributed by atoms with Crippen molar-refractivity contribution in [3.63, 3.8) is 0 Å². The molecule has 0 aliphatic carbocycles. The quantitative estimate of drug-likeness (QED) is 0.846. The molecule has 0 bridgehead atoms. The lowest BCUT2D eigenvalue weighted by atomic mass is 10.0. The topological polar surface area (TPSA) is 15.3 Å². The molecule has 3 heteroatoms. The maximum atomic E-state index is 13.9. The number of halogens is 1. The molecule has 0 aliphatic rings. The Morgan fingerprint density at radius 3 is 2.53 bits per heavy atom. The van der Waals surface area contributed by atoms with Crippen LogP contribution in [0.5, 0.6) is 0 Å². The summed E-state index contributed by atoms with van der Waals surface area (Å²) < 4.78 is 13.9. The molecular weight excluding hydrogens is 215 g/mol. The van der Waals surface area contributed by atoms with Crippen LogP contribution in [-0.2, 0) is 0 Å². The lowest BCUT2D eigenvalue weighted by Gasteiger charge is -2.30. The Bertz CT molecular complexity index is 365. The van der Waals surface area contributed by atoms with Gasteiger partial charge in [-0.2, -0.15) is 0 Å². The van der Waals surface area contributed by atoms with Crippen molar-refractivity contribution in [2.75, 3.05) is 19.0 Å². The zero-order chi connectivity index (χ0) is 13.0. The Morgan fingerprint density at radius 2 is 2.00 bits per heavy atom. The molecule has 0 amide bonds. The number of benzene rings is 1. The summed E-state index contributed by atoms with van der Waals surface area (Å²) in [6, 6.07) is 5.70. The molecule has 0 aliphatic heterocycles. The van der Waals surface area contributed by atoms with Gasteiger partial charge in [0.2, 0.25) is 0 Å². The number of nitrogens with one attached hydrogen (secondary N) is 1. The average molecular weight is 238 g/mol. The molecular formula is C14H23FN2. The first-order valence-electron chi connectivity index (χ1n) is 6.21. The van der Waals surface area contributed by atoms with Crippen molar-refractivity contribution >= 4 is 5.69 Å². The van der Waals surface area contributed by atoms with Gasteiger partial charge in [0, 0.05) is 30.4 Å². The van der Waals surface area contributed by atoms with Crippen molar-refractivity contribution < 1.29 is 4.39 Å². The van der Waals surface area contributed by atoms with Gasteiger partial charge in [0.1, 0.15) is 5.82 Å². The van der Waals surface area contributed by atoms with Crippen molar-refractivity contribution in [3.05, 3.63) is 29.6 Å². The highest BCUT2D eigenvalue weighted by atomic mass is 19.1. The number of hydrogen-bond donors (Lipinski definition) is 1. The molecule has 17 heavy (non-hydrogen) atoms. The summed E-state index contributed by atoms with van der Waals surface area (Å²) >= 11 is 0. The zero-order valence-electron chi connectivity index (χ0n) is 11.4. The lowest BCUT2D eigenvalue weighted by molar-refractivity contribution is 0.556. The second-order valence-electron chi connectivity index (χ2n) is 4.55. The third-order valence-electron chi connectivity index (χ3n) is 3.53. The second-order valence-corrected chi connectivity index (χ2v) is 4.55. The maximum absolute atomic E-state index is 13.9. The first-order valence-corrected chi connectivity index (χ1v) is 6.21. The first kappa shape index (κ1) is 14.0. The molecule has 1 N–H and O–H groups in total. The van der Waals surface area contributed by atoms with Gasteiger partial charge in [0.05, 0.1) is 0 Å². The normalized spacial score (nSPS) is 14.5. The van der Waals surface area contributed by atoms with Crippen molar-refractivity contribution in [1.82, 2.24) is 5.32 Å². The van der Waals surface area contributed by atoms with E-state index in [0.717, 1.165) is 17.7 Å². The van der Waals surface area contributed by atoms with E-state index in [1.165, 1.54) is 6.07 Å². The Morgan fingerprint density at radius 1 is 1.35 bits per heavy atom. The van der Waals surface area contributed by atoms with Crippen LogP contribution in [0.4, 0.5) is 10.1 Å². The fraction of sp³-hybridized carbons (Fsp3) is 0.571. The Kier molecular flexibility index (Phi) is 4.94. The molecule has 2 unspecified atom stereocenters. The van der Waals surface area contributed by atoms with E-state index in [1.807, 2.05) is 27.1 Å². The highest BCUT2D eigenvalue weighted by Crippen LogP contribution is 2.29. The van der Waals surface area contributed by atoms with Crippen molar-refractivity contribution in [1.29, 1.82) is 0 Å². The van der Waals surface area contributed by atoms with Crippen LogP contribution in [0.15, 0.2) is 18.2 Å². The maximum Gasteiger partial charge on any atom is 0.130 e. The van der Waals surface area contributed by atoms with E-state index in [1.54, 1.807) is 6.07 Å². The van der Waals surface area contributed by atoms with Crippen LogP contribution < -0.4 is 10.2 Å². The molecule has 0 saturated heterocycles. The Hall–Kier alpha value is -1.09. The predicted molar refractivity (Wildman–Crippen MR) is 72.0 cm³/mol. The average Bonchev–Trinajstić information content (AvgIpc) is 2.35. The van der Waals surface area contributed by atoms with Gasteiger partial charge in [-0.25, -0.2) is 4.39 Å². The number of anilines is 1. The van der Waals surface area contributed by atoms with Gasteiger partial charge >= 0.3 is 0 Å². The highest BCUT2D eigenvalue weighted by molar-refractivity contribution is 5.55. The van der Waals surface area contributed by atoms with Crippen LogP contribution in [0.3, 0.4) is 0 Å². The second kappa shape index (κ2) is 6.01. The summed E-state index contributed by atoms with van der Waals surface area (Å²) in [5, 5.41) is 3.11. The molecule has 2 nitrogen and oxygen atoms in total. The van der Waals surface area contributed by atoms with Crippen LogP contribution in [-0.4, -0.2) is 20.1 Å². The van der Waals surface area contributed by atoms with E-state index < -0.39 is 0 Å². The first-order chi connectivity index (χ1) is 8.02.